The number of nitrogens with zero attached hydrogens (tertiary/aromatic N) is 1. The number of rotatable bonds is 5. The quantitative estimate of drug-likeness (QED) is 0.667. The molecule has 0 radical (unpaired) electrons. The van der Waals surface area contributed by atoms with E-state index in [1.54, 1.807) is 0 Å². The average molecular weight is 215 g/mol. The maximum atomic E-state index is 4.11. The average Bonchev–Trinajstić information content (AvgIpc) is 2.27. The molecule has 0 N–H and O–H groups in total. The number of allylic oxidation sites excluding steroid dienone is 4. The zero-order chi connectivity index (χ0) is 11.8. The Hall–Kier alpha value is -1.37. The van der Waals surface area contributed by atoms with Crippen LogP contribution >= 0.6 is 0 Å². The Balaban J connectivity index is 2.37. The summed E-state index contributed by atoms with van der Waals surface area (Å²) in [7, 11) is 0. The first-order valence-corrected chi connectivity index (χ1v) is 5.86. The number of aromatic nitrogens is 1. The van der Waals surface area contributed by atoms with Gasteiger partial charge in [-0.3, -0.25) is 4.98 Å². The summed E-state index contributed by atoms with van der Waals surface area (Å²) in [6, 6.07) is 4.11. The SMILES string of the molecule is CC(C)=CCCC(C)=CCc1cccnc1. The molecule has 0 aromatic carbocycles. The lowest BCUT2D eigenvalue weighted by Gasteiger charge is -1.99. The van der Waals surface area contributed by atoms with E-state index in [-0.39, 0.29) is 0 Å². The molecular formula is C15H21N. The summed E-state index contributed by atoms with van der Waals surface area (Å²) in [6.45, 7) is 6.50. The molecule has 0 fully saturated rings. The topological polar surface area (TPSA) is 12.9 Å². The van der Waals surface area contributed by atoms with Gasteiger partial charge in [0, 0.05) is 12.4 Å². The van der Waals surface area contributed by atoms with Crippen LogP contribution in [-0.4, -0.2) is 4.98 Å². The first kappa shape index (κ1) is 12.7. The zero-order valence-electron chi connectivity index (χ0n) is 10.5. The molecule has 0 unspecified atom stereocenters. The van der Waals surface area contributed by atoms with E-state index in [0.717, 1.165) is 19.3 Å². The van der Waals surface area contributed by atoms with Crippen LogP contribution in [0.25, 0.3) is 0 Å². The minimum Gasteiger partial charge on any atom is -0.264 e. The summed E-state index contributed by atoms with van der Waals surface area (Å²) in [6.07, 6.45) is 11.6. The Bertz CT molecular complexity index is 356. The molecule has 0 saturated heterocycles. The van der Waals surface area contributed by atoms with Crippen LogP contribution in [0, 0.1) is 0 Å². The number of pyridine rings is 1. The Labute approximate surface area is 98.9 Å². The fourth-order valence-corrected chi connectivity index (χ4v) is 1.50. The third-order valence-corrected chi connectivity index (χ3v) is 2.50. The summed E-state index contributed by atoms with van der Waals surface area (Å²) in [5.74, 6) is 0. The Kier molecular flexibility index (Phi) is 5.55. The molecular weight excluding hydrogens is 194 g/mol. The summed E-state index contributed by atoms with van der Waals surface area (Å²) in [5.41, 5.74) is 4.14. The third-order valence-electron chi connectivity index (χ3n) is 2.50. The summed E-state index contributed by atoms with van der Waals surface area (Å²) in [4.78, 5) is 4.11. The van der Waals surface area contributed by atoms with Crippen molar-refractivity contribution in [1.29, 1.82) is 0 Å². The molecule has 1 rings (SSSR count). The van der Waals surface area contributed by atoms with Crippen LogP contribution in [0.4, 0.5) is 0 Å². The van der Waals surface area contributed by atoms with E-state index in [9.17, 15) is 0 Å². The van der Waals surface area contributed by atoms with Crippen molar-refractivity contribution < 1.29 is 0 Å². The van der Waals surface area contributed by atoms with Gasteiger partial charge in [-0.25, -0.2) is 0 Å². The van der Waals surface area contributed by atoms with Gasteiger partial charge < -0.3 is 0 Å². The highest BCUT2D eigenvalue weighted by Gasteiger charge is 1.91. The molecule has 86 valence electrons. The fraction of sp³-hybridized carbons (Fsp3) is 0.400. The van der Waals surface area contributed by atoms with Gasteiger partial charge in [-0.15, -0.1) is 0 Å². The van der Waals surface area contributed by atoms with Crippen LogP contribution < -0.4 is 0 Å². The lowest BCUT2D eigenvalue weighted by Crippen LogP contribution is -1.84. The van der Waals surface area contributed by atoms with Crippen molar-refractivity contribution in [2.75, 3.05) is 0 Å². The predicted octanol–water partition coefficient (Wildman–Crippen LogP) is 4.32. The molecule has 1 aromatic rings. The van der Waals surface area contributed by atoms with Gasteiger partial charge in [-0.2, -0.15) is 0 Å². The largest absolute Gasteiger partial charge is 0.264 e. The Morgan fingerprint density at radius 3 is 2.69 bits per heavy atom. The molecule has 1 heterocycles. The van der Waals surface area contributed by atoms with E-state index in [1.165, 1.54) is 16.7 Å². The van der Waals surface area contributed by atoms with Crippen molar-refractivity contribution in [2.45, 2.75) is 40.0 Å². The van der Waals surface area contributed by atoms with Gasteiger partial charge in [-0.05, 0) is 51.7 Å². The van der Waals surface area contributed by atoms with Gasteiger partial charge in [0.15, 0.2) is 0 Å². The van der Waals surface area contributed by atoms with Crippen LogP contribution in [0.5, 0.6) is 0 Å². The second-order valence-electron chi connectivity index (χ2n) is 4.44. The third kappa shape index (κ3) is 5.50. The number of hydrogen-bond acceptors (Lipinski definition) is 1. The second-order valence-corrected chi connectivity index (χ2v) is 4.44. The first-order chi connectivity index (χ1) is 7.68. The molecule has 0 amide bonds. The molecule has 0 saturated carbocycles. The monoisotopic (exact) mass is 215 g/mol. The van der Waals surface area contributed by atoms with Crippen molar-refractivity contribution >= 4 is 0 Å². The zero-order valence-corrected chi connectivity index (χ0v) is 10.5. The van der Waals surface area contributed by atoms with E-state index < -0.39 is 0 Å². The van der Waals surface area contributed by atoms with Gasteiger partial charge >= 0.3 is 0 Å². The molecule has 0 aliphatic carbocycles. The van der Waals surface area contributed by atoms with E-state index in [2.05, 4.69) is 44.0 Å². The molecule has 1 aromatic heterocycles. The molecule has 16 heavy (non-hydrogen) atoms. The van der Waals surface area contributed by atoms with Crippen LogP contribution in [-0.2, 0) is 6.42 Å². The molecule has 0 aliphatic heterocycles. The van der Waals surface area contributed by atoms with Crippen molar-refractivity contribution in [3.63, 3.8) is 0 Å². The Morgan fingerprint density at radius 1 is 1.25 bits per heavy atom. The van der Waals surface area contributed by atoms with Gasteiger partial charge in [0.05, 0.1) is 0 Å². The predicted molar refractivity (Wildman–Crippen MR) is 70.4 cm³/mol. The van der Waals surface area contributed by atoms with Crippen LogP contribution in [0.2, 0.25) is 0 Å². The maximum Gasteiger partial charge on any atom is 0.0303 e. The number of hydrogen-bond donors (Lipinski definition) is 0. The van der Waals surface area contributed by atoms with Crippen molar-refractivity contribution in [3.8, 4) is 0 Å². The highest BCUT2D eigenvalue weighted by Crippen LogP contribution is 2.08. The van der Waals surface area contributed by atoms with Crippen LogP contribution in [0.15, 0.2) is 47.8 Å². The fourth-order valence-electron chi connectivity index (χ4n) is 1.50. The van der Waals surface area contributed by atoms with Gasteiger partial charge in [-0.1, -0.05) is 29.4 Å². The summed E-state index contributed by atoms with van der Waals surface area (Å²) >= 11 is 0. The molecule has 0 bridgehead atoms. The van der Waals surface area contributed by atoms with E-state index in [0.29, 0.717) is 0 Å². The standard InChI is InChI=1S/C15H21N/c1-13(2)6-4-7-14(3)9-10-15-8-5-11-16-12-15/h5-6,8-9,11-12H,4,7,10H2,1-3H3. The van der Waals surface area contributed by atoms with Crippen molar-refractivity contribution in [2.24, 2.45) is 0 Å². The lowest BCUT2D eigenvalue weighted by molar-refractivity contribution is 0.955. The summed E-state index contributed by atoms with van der Waals surface area (Å²) < 4.78 is 0. The lowest BCUT2D eigenvalue weighted by atomic mass is 10.1. The van der Waals surface area contributed by atoms with E-state index in [1.807, 2.05) is 18.5 Å². The van der Waals surface area contributed by atoms with Gasteiger partial charge in [0.2, 0.25) is 0 Å². The minimum absolute atomic E-state index is 0.995. The van der Waals surface area contributed by atoms with Crippen molar-refractivity contribution in [3.05, 3.63) is 53.4 Å². The molecule has 0 spiro atoms. The van der Waals surface area contributed by atoms with Crippen LogP contribution in [0.1, 0.15) is 39.2 Å². The second kappa shape index (κ2) is 7.00. The molecule has 0 aliphatic rings. The van der Waals surface area contributed by atoms with E-state index in [4.69, 9.17) is 0 Å². The van der Waals surface area contributed by atoms with Crippen molar-refractivity contribution in [1.82, 2.24) is 4.98 Å². The first-order valence-electron chi connectivity index (χ1n) is 5.86. The van der Waals surface area contributed by atoms with Crippen LogP contribution in [0.3, 0.4) is 0 Å². The van der Waals surface area contributed by atoms with Gasteiger partial charge in [0.1, 0.15) is 0 Å². The molecule has 1 nitrogen and oxygen atoms in total. The minimum atomic E-state index is 0.995. The smallest absolute Gasteiger partial charge is 0.0303 e. The Morgan fingerprint density at radius 2 is 2.06 bits per heavy atom. The molecule has 1 heteroatoms. The summed E-state index contributed by atoms with van der Waals surface area (Å²) in [5, 5.41) is 0. The van der Waals surface area contributed by atoms with E-state index >= 15 is 0 Å². The normalized spacial score (nSPS) is 11.3. The maximum absolute atomic E-state index is 4.11. The molecule has 0 atom stereocenters. The highest BCUT2D eigenvalue weighted by molar-refractivity contribution is 5.14. The highest BCUT2D eigenvalue weighted by atomic mass is 14.6. The van der Waals surface area contributed by atoms with Gasteiger partial charge in [0.25, 0.3) is 0 Å².